The molecule has 1 fully saturated rings. The minimum atomic E-state index is -0.514. The Kier molecular flexibility index (Phi) is 5.97. The van der Waals surface area contributed by atoms with Gasteiger partial charge in [0.15, 0.2) is 5.82 Å². The molecule has 2 N–H and O–H groups in total. The van der Waals surface area contributed by atoms with E-state index in [4.69, 9.17) is 4.98 Å². The number of fused-ring (bicyclic) bond motifs is 1. The minimum Gasteiger partial charge on any atom is -0.355 e. The first-order valence-corrected chi connectivity index (χ1v) is 11.5. The second-order valence-electron chi connectivity index (χ2n) is 9.76. The fourth-order valence-electron chi connectivity index (χ4n) is 5.07. The summed E-state index contributed by atoms with van der Waals surface area (Å²) in [5.74, 6) is 1.28. The maximum atomic E-state index is 13.1. The SMILES string of the molecule is CNC(=O)C1=CC=CC(Nc2ncc3c(n2)N(C2CCCC2)CC(C)(C)C(=O)N3C)C1C. The lowest BCUT2D eigenvalue weighted by Gasteiger charge is -2.34. The van der Waals surface area contributed by atoms with Gasteiger partial charge in [0, 0.05) is 38.2 Å². The Labute approximate surface area is 190 Å². The highest BCUT2D eigenvalue weighted by molar-refractivity contribution is 6.00. The topological polar surface area (TPSA) is 90.5 Å². The monoisotopic (exact) mass is 438 g/mol. The molecule has 8 nitrogen and oxygen atoms in total. The van der Waals surface area contributed by atoms with Crippen molar-refractivity contribution in [3.05, 3.63) is 30.0 Å². The highest BCUT2D eigenvalue weighted by atomic mass is 16.2. The molecular weight excluding hydrogens is 404 g/mol. The maximum absolute atomic E-state index is 13.1. The molecule has 8 heteroatoms. The van der Waals surface area contributed by atoms with Gasteiger partial charge >= 0.3 is 0 Å². The van der Waals surface area contributed by atoms with E-state index in [1.807, 2.05) is 46.0 Å². The molecule has 3 aliphatic rings. The van der Waals surface area contributed by atoms with Crippen LogP contribution in [0.1, 0.15) is 46.5 Å². The number of anilines is 3. The summed E-state index contributed by atoms with van der Waals surface area (Å²) >= 11 is 0. The first-order valence-electron chi connectivity index (χ1n) is 11.5. The molecule has 32 heavy (non-hydrogen) atoms. The van der Waals surface area contributed by atoms with Crippen molar-refractivity contribution in [2.24, 2.45) is 11.3 Å². The van der Waals surface area contributed by atoms with Crippen molar-refractivity contribution >= 4 is 29.3 Å². The highest BCUT2D eigenvalue weighted by Crippen LogP contribution is 2.40. The fourth-order valence-corrected chi connectivity index (χ4v) is 5.07. The molecule has 2 unspecified atom stereocenters. The average molecular weight is 439 g/mol. The van der Waals surface area contributed by atoms with Crippen LogP contribution in [-0.4, -0.2) is 54.5 Å². The lowest BCUT2D eigenvalue weighted by molar-refractivity contribution is -0.125. The largest absolute Gasteiger partial charge is 0.355 e. The highest BCUT2D eigenvalue weighted by Gasteiger charge is 2.41. The van der Waals surface area contributed by atoms with Gasteiger partial charge in [0.05, 0.1) is 17.7 Å². The first-order chi connectivity index (χ1) is 15.2. The van der Waals surface area contributed by atoms with E-state index in [1.54, 1.807) is 18.1 Å². The van der Waals surface area contributed by atoms with Gasteiger partial charge in [0.25, 0.3) is 0 Å². The molecule has 0 bridgehead atoms. The number of aromatic nitrogens is 2. The Hall–Kier alpha value is -2.90. The van der Waals surface area contributed by atoms with Gasteiger partial charge in [-0.1, -0.05) is 38.0 Å². The van der Waals surface area contributed by atoms with E-state index < -0.39 is 5.41 Å². The molecule has 1 aromatic rings. The molecule has 0 saturated heterocycles. The van der Waals surface area contributed by atoms with E-state index >= 15 is 0 Å². The van der Waals surface area contributed by atoms with Gasteiger partial charge in [-0.3, -0.25) is 9.59 Å². The number of carbonyl (C=O) groups excluding carboxylic acids is 2. The van der Waals surface area contributed by atoms with Crippen molar-refractivity contribution in [3.63, 3.8) is 0 Å². The predicted octanol–water partition coefficient (Wildman–Crippen LogP) is 2.89. The van der Waals surface area contributed by atoms with E-state index in [1.165, 1.54) is 12.8 Å². The van der Waals surface area contributed by atoms with Gasteiger partial charge in [0.1, 0.15) is 5.69 Å². The number of rotatable bonds is 4. The average Bonchev–Trinajstić information content (AvgIpc) is 3.30. The molecule has 2 heterocycles. The van der Waals surface area contributed by atoms with E-state index in [0.717, 1.165) is 29.9 Å². The standard InChI is InChI=1S/C24H34N6O2/c1-15-17(21(31)25-4)11-8-12-18(15)27-23-26-13-19-20(28-23)30(16-9-6-7-10-16)14-24(2,3)22(32)29(19)5/h8,11-13,15-16,18H,6-7,9-10,14H2,1-5H3,(H,25,31)(H,26,27,28). The molecule has 1 aliphatic heterocycles. The predicted molar refractivity (Wildman–Crippen MR) is 127 cm³/mol. The summed E-state index contributed by atoms with van der Waals surface area (Å²) in [4.78, 5) is 38.8. The summed E-state index contributed by atoms with van der Waals surface area (Å²) in [5.41, 5.74) is 0.956. The van der Waals surface area contributed by atoms with Crippen LogP contribution >= 0.6 is 0 Å². The fraction of sp³-hybridized carbons (Fsp3) is 0.583. The lowest BCUT2D eigenvalue weighted by Crippen LogP contribution is -2.45. The zero-order valence-electron chi connectivity index (χ0n) is 19.7. The molecule has 4 rings (SSSR count). The molecule has 2 amide bonds. The van der Waals surface area contributed by atoms with Crippen LogP contribution in [0.25, 0.3) is 0 Å². The first kappa shape index (κ1) is 22.3. The van der Waals surface area contributed by atoms with Crippen LogP contribution in [0.15, 0.2) is 30.0 Å². The Bertz CT molecular complexity index is 963. The smallest absolute Gasteiger partial charge is 0.247 e. The van der Waals surface area contributed by atoms with Gasteiger partial charge in [0.2, 0.25) is 17.8 Å². The van der Waals surface area contributed by atoms with E-state index in [9.17, 15) is 9.59 Å². The number of carbonyl (C=O) groups is 2. The third-order valence-corrected chi connectivity index (χ3v) is 7.01. The Morgan fingerprint density at radius 3 is 2.66 bits per heavy atom. The molecule has 172 valence electrons. The summed E-state index contributed by atoms with van der Waals surface area (Å²) in [6, 6.07) is 0.276. The number of nitrogens with one attached hydrogen (secondary N) is 2. The van der Waals surface area contributed by atoms with Crippen LogP contribution in [-0.2, 0) is 9.59 Å². The van der Waals surface area contributed by atoms with Crippen molar-refractivity contribution in [2.45, 2.75) is 58.5 Å². The quantitative estimate of drug-likeness (QED) is 0.751. The minimum absolute atomic E-state index is 0.0310. The van der Waals surface area contributed by atoms with Crippen LogP contribution in [0.4, 0.5) is 17.5 Å². The normalized spacial score (nSPS) is 25.3. The number of likely N-dealkylation sites (N-methyl/N-ethyl adjacent to an activating group) is 1. The summed E-state index contributed by atoms with van der Waals surface area (Å²) < 4.78 is 0. The maximum Gasteiger partial charge on any atom is 0.247 e. The van der Waals surface area contributed by atoms with Crippen LogP contribution < -0.4 is 20.4 Å². The number of allylic oxidation sites excluding steroid dienone is 2. The van der Waals surface area contributed by atoms with Crippen LogP contribution in [0.2, 0.25) is 0 Å². The number of hydrogen-bond donors (Lipinski definition) is 2. The summed E-state index contributed by atoms with van der Waals surface area (Å²) in [5, 5.41) is 6.11. The Morgan fingerprint density at radius 1 is 1.25 bits per heavy atom. The third-order valence-electron chi connectivity index (χ3n) is 7.01. The molecule has 1 saturated carbocycles. The van der Waals surface area contributed by atoms with E-state index in [0.29, 0.717) is 18.5 Å². The zero-order valence-corrected chi connectivity index (χ0v) is 19.7. The second-order valence-corrected chi connectivity index (χ2v) is 9.76. The number of nitrogens with zero attached hydrogens (tertiary/aromatic N) is 4. The van der Waals surface area contributed by atoms with Gasteiger partial charge in [-0.25, -0.2) is 4.98 Å². The lowest BCUT2D eigenvalue weighted by atomic mass is 9.88. The van der Waals surface area contributed by atoms with Gasteiger partial charge in [-0.05, 0) is 26.7 Å². The van der Waals surface area contributed by atoms with Crippen LogP contribution in [0.3, 0.4) is 0 Å². The van der Waals surface area contributed by atoms with Gasteiger partial charge in [-0.2, -0.15) is 4.98 Å². The molecule has 0 radical (unpaired) electrons. The number of hydrogen-bond acceptors (Lipinski definition) is 6. The summed E-state index contributed by atoms with van der Waals surface area (Å²) in [6.07, 6.45) is 12.2. The Balaban J connectivity index is 1.67. The van der Waals surface area contributed by atoms with Crippen molar-refractivity contribution in [3.8, 4) is 0 Å². The van der Waals surface area contributed by atoms with E-state index in [-0.39, 0.29) is 23.8 Å². The molecular formula is C24H34N6O2. The molecule has 2 atom stereocenters. The summed E-state index contributed by atoms with van der Waals surface area (Å²) in [7, 11) is 3.45. The number of amides is 2. The van der Waals surface area contributed by atoms with Crippen molar-refractivity contribution in [1.29, 1.82) is 0 Å². The van der Waals surface area contributed by atoms with Crippen molar-refractivity contribution in [2.75, 3.05) is 35.8 Å². The van der Waals surface area contributed by atoms with E-state index in [2.05, 4.69) is 20.5 Å². The van der Waals surface area contributed by atoms with Crippen LogP contribution in [0.5, 0.6) is 0 Å². The Morgan fingerprint density at radius 2 is 1.97 bits per heavy atom. The van der Waals surface area contributed by atoms with Gasteiger partial charge < -0.3 is 20.4 Å². The molecule has 0 aromatic carbocycles. The zero-order chi connectivity index (χ0) is 23.0. The molecule has 0 spiro atoms. The molecule has 2 aliphatic carbocycles. The second kappa shape index (κ2) is 8.56. The van der Waals surface area contributed by atoms with Crippen molar-refractivity contribution < 1.29 is 9.59 Å². The molecule has 1 aromatic heterocycles. The van der Waals surface area contributed by atoms with Crippen molar-refractivity contribution in [1.82, 2.24) is 15.3 Å². The summed E-state index contributed by atoms with van der Waals surface area (Å²) in [6.45, 7) is 6.67. The van der Waals surface area contributed by atoms with Gasteiger partial charge in [-0.15, -0.1) is 0 Å². The van der Waals surface area contributed by atoms with Crippen LogP contribution in [0, 0.1) is 11.3 Å². The third kappa shape index (κ3) is 3.98.